The predicted molar refractivity (Wildman–Crippen MR) is 78.2 cm³/mol. The number of alkyl halides is 3. The second-order valence-electron chi connectivity index (χ2n) is 6.06. The monoisotopic (exact) mass is 349 g/mol. The Labute approximate surface area is 137 Å². The summed E-state index contributed by atoms with van der Waals surface area (Å²) in [5.41, 5.74) is 0.560. The molecular weight excluding hydrogens is 330 g/mol. The highest BCUT2D eigenvalue weighted by Crippen LogP contribution is 2.26. The van der Waals surface area contributed by atoms with Gasteiger partial charge in [0.2, 0.25) is 0 Å². The van der Waals surface area contributed by atoms with Crippen molar-refractivity contribution in [3.8, 4) is 5.75 Å². The number of nitrogens with zero attached hydrogens (tertiary/aromatic N) is 1. The summed E-state index contributed by atoms with van der Waals surface area (Å²) in [6.45, 7) is 1.12. The Balaban J connectivity index is 2.02. The Morgan fingerprint density at radius 3 is 2.67 bits per heavy atom. The Morgan fingerprint density at radius 2 is 2.08 bits per heavy atom. The summed E-state index contributed by atoms with van der Waals surface area (Å²) < 4.78 is 54.6. The molecule has 1 aliphatic heterocycles. The van der Waals surface area contributed by atoms with E-state index in [1.54, 1.807) is 0 Å². The maximum Gasteiger partial charge on any atom is 0.422 e. The summed E-state index contributed by atoms with van der Waals surface area (Å²) in [5, 5.41) is 9.12. The Hall–Kier alpha value is -1.83. The molecule has 2 rings (SSSR count). The molecule has 2 atom stereocenters. The first-order valence-corrected chi connectivity index (χ1v) is 7.60. The molecule has 1 heterocycles. The average molecular weight is 349 g/mol. The van der Waals surface area contributed by atoms with Gasteiger partial charge in [-0.05, 0) is 37.5 Å². The highest BCUT2D eigenvalue weighted by Gasteiger charge is 2.30. The number of halogens is 4. The van der Waals surface area contributed by atoms with Crippen LogP contribution in [0.1, 0.15) is 25.3 Å². The van der Waals surface area contributed by atoms with E-state index in [2.05, 4.69) is 4.74 Å². The number of hydrogen-bond donors (Lipinski definition) is 1. The first-order valence-electron chi connectivity index (χ1n) is 7.60. The van der Waals surface area contributed by atoms with Gasteiger partial charge in [-0.3, -0.25) is 9.69 Å². The Bertz CT molecular complexity index is 591. The van der Waals surface area contributed by atoms with Crippen LogP contribution in [0.15, 0.2) is 18.2 Å². The smallest absolute Gasteiger partial charge is 0.422 e. The number of rotatable bonds is 5. The van der Waals surface area contributed by atoms with Crippen molar-refractivity contribution < 1.29 is 32.2 Å². The van der Waals surface area contributed by atoms with Gasteiger partial charge in [-0.15, -0.1) is 0 Å². The minimum atomic E-state index is -4.53. The number of benzene rings is 1. The van der Waals surface area contributed by atoms with Crippen molar-refractivity contribution in [2.24, 2.45) is 5.92 Å². The minimum Gasteiger partial charge on any atom is -0.481 e. The molecule has 0 spiro atoms. The fourth-order valence-electron chi connectivity index (χ4n) is 2.76. The molecule has 0 aromatic heterocycles. The van der Waals surface area contributed by atoms with E-state index < -0.39 is 36.2 Å². The topological polar surface area (TPSA) is 49.8 Å². The summed E-state index contributed by atoms with van der Waals surface area (Å²) in [7, 11) is 0. The fourth-order valence-corrected chi connectivity index (χ4v) is 2.76. The van der Waals surface area contributed by atoms with E-state index in [0.29, 0.717) is 25.1 Å². The highest BCUT2D eigenvalue weighted by atomic mass is 19.4. The maximum atomic E-state index is 13.9. The number of carboxylic acids is 1. The van der Waals surface area contributed by atoms with Crippen LogP contribution in [-0.2, 0) is 11.3 Å². The van der Waals surface area contributed by atoms with Crippen LogP contribution in [0.4, 0.5) is 17.6 Å². The lowest BCUT2D eigenvalue weighted by molar-refractivity contribution is -0.153. The Kier molecular flexibility index (Phi) is 5.69. The Morgan fingerprint density at radius 1 is 1.38 bits per heavy atom. The molecule has 1 aromatic carbocycles. The van der Waals surface area contributed by atoms with Crippen molar-refractivity contribution in [1.29, 1.82) is 0 Å². The zero-order valence-electron chi connectivity index (χ0n) is 13.1. The van der Waals surface area contributed by atoms with Crippen LogP contribution in [0.25, 0.3) is 0 Å². The second kappa shape index (κ2) is 7.38. The van der Waals surface area contributed by atoms with Gasteiger partial charge >= 0.3 is 12.1 Å². The largest absolute Gasteiger partial charge is 0.481 e. The lowest BCUT2D eigenvalue weighted by Crippen LogP contribution is -2.43. The minimum absolute atomic E-state index is 0.157. The third kappa shape index (κ3) is 5.09. The van der Waals surface area contributed by atoms with Gasteiger partial charge in [0.15, 0.2) is 18.2 Å². The number of hydrogen-bond acceptors (Lipinski definition) is 3. The van der Waals surface area contributed by atoms with Crippen molar-refractivity contribution in [2.75, 3.05) is 13.2 Å². The number of ether oxygens (including phenoxy) is 1. The van der Waals surface area contributed by atoms with E-state index in [1.807, 2.05) is 11.8 Å². The van der Waals surface area contributed by atoms with Gasteiger partial charge in [-0.25, -0.2) is 4.39 Å². The molecule has 4 nitrogen and oxygen atoms in total. The van der Waals surface area contributed by atoms with Gasteiger partial charge in [0.25, 0.3) is 0 Å². The SMILES string of the molecule is CC1CCC(C(=O)O)CN1Cc1ccc(OCC(F)(F)F)c(F)c1. The summed E-state index contributed by atoms with van der Waals surface area (Å²) in [6, 6.07) is 3.94. The first kappa shape index (κ1) is 18.5. The van der Waals surface area contributed by atoms with Gasteiger partial charge in [-0.1, -0.05) is 6.07 Å². The van der Waals surface area contributed by atoms with E-state index in [4.69, 9.17) is 5.11 Å². The average Bonchev–Trinajstić information content (AvgIpc) is 2.47. The van der Waals surface area contributed by atoms with Crippen molar-refractivity contribution >= 4 is 5.97 Å². The molecule has 2 unspecified atom stereocenters. The highest BCUT2D eigenvalue weighted by molar-refractivity contribution is 5.70. The first-order chi connectivity index (χ1) is 11.2. The lowest BCUT2D eigenvalue weighted by Gasteiger charge is -2.36. The molecule has 24 heavy (non-hydrogen) atoms. The zero-order valence-corrected chi connectivity index (χ0v) is 13.1. The molecule has 0 radical (unpaired) electrons. The maximum absolute atomic E-state index is 13.9. The lowest BCUT2D eigenvalue weighted by atomic mass is 9.93. The van der Waals surface area contributed by atoms with Crippen LogP contribution in [0.2, 0.25) is 0 Å². The molecule has 134 valence electrons. The summed E-state index contributed by atoms with van der Waals surface area (Å²) in [5.74, 6) is -2.63. The zero-order chi connectivity index (χ0) is 17.9. The van der Waals surface area contributed by atoms with Crippen LogP contribution >= 0.6 is 0 Å². The van der Waals surface area contributed by atoms with Crippen LogP contribution in [-0.4, -0.2) is 41.3 Å². The van der Waals surface area contributed by atoms with Gasteiger partial charge in [0, 0.05) is 19.1 Å². The molecule has 1 saturated heterocycles. The van der Waals surface area contributed by atoms with Gasteiger partial charge in [0.05, 0.1) is 5.92 Å². The molecule has 1 fully saturated rings. The third-order valence-corrected chi connectivity index (χ3v) is 4.13. The number of piperidine rings is 1. The third-order valence-electron chi connectivity index (χ3n) is 4.13. The summed E-state index contributed by atoms with van der Waals surface area (Å²) >= 11 is 0. The quantitative estimate of drug-likeness (QED) is 0.828. The predicted octanol–water partition coefficient (Wildman–Crippen LogP) is 3.45. The van der Waals surface area contributed by atoms with Crippen LogP contribution in [0.3, 0.4) is 0 Å². The van der Waals surface area contributed by atoms with E-state index >= 15 is 0 Å². The summed E-state index contributed by atoms with van der Waals surface area (Å²) in [4.78, 5) is 13.1. The van der Waals surface area contributed by atoms with E-state index in [9.17, 15) is 22.4 Å². The number of carboxylic acid groups (broad SMARTS) is 1. The molecule has 0 saturated carbocycles. The van der Waals surface area contributed by atoms with E-state index in [0.717, 1.165) is 12.5 Å². The van der Waals surface area contributed by atoms with Crippen molar-refractivity contribution in [1.82, 2.24) is 4.90 Å². The normalized spacial score (nSPS) is 22.4. The number of carbonyl (C=O) groups is 1. The molecule has 0 aliphatic carbocycles. The van der Waals surface area contributed by atoms with Crippen molar-refractivity contribution in [3.63, 3.8) is 0 Å². The molecule has 1 aromatic rings. The number of aliphatic carboxylic acids is 1. The number of likely N-dealkylation sites (tertiary alicyclic amines) is 1. The molecule has 0 bridgehead atoms. The van der Waals surface area contributed by atoms with Gasteiger partial charge < -0.3 is 9.84 Å². The van der Waals surface area contributed by atoms with E-state index in [-0.39, 0.29) is 6.04 Å². The van der Waals surface area contributed by atoms with Crippen molar-refractivity contribution in [2.45, 2.75) is 38.5 Å². The summed E-state index contributed by atoms with van der Waals surface area (Å²) in [6.07, 6.45) is -3.20. The van der Waals surface area contributed by atoms with Crippen LogP contribution < -0.4 is 4.74 Å². The van der Waals surface area contributed by atoms with Gasteiger partial charge in [0.1, 0.15) is 0 Å². The molecule has 1 aliphatic rings. The standard InChI is InChI=1S/C16H19F4NO3/c1-10-2-4-12(15(22)23)8-21(10)7-11-3-5-14(13(17)6-11)24-9-16(18,19)20/h3,5-6,10,12H,2,4,7-9H2,1H3,(H,22,23). The fraction of sp³-hybridized carbons (Fsp3) is 0.562. The molecule has 0 amide bonds. The van der Waals surface area contributed by atoms with E-state index in [1.165, 1.54) is 12.1 Å². The van der Waals surface area contributed by atoms with Gasteiger partial charge in [-0.2, -0.15) is 13.2 Å². The molecule has 1 N–H and O–H groups in total. The van der Waals surface area contributed by atoms with Crippen LogP contribution in [0.5, 0.6) is 5.75 Å². The molecular formula is C16H19F4NO3. The molecule has 8 heteroatoms. The van der Waals surface area contributed by atoms with Crippen LogP contribution in [0, 0.1) is 11.7 Å². The van der Waals surface area contributed by atoms with Crippen molar-refractivity contribution in [3.05, 3.63) is 29.6 Å². The second-order valence-corrected chi connectivity index (χ2v) is 6.06.